The number of benzene rings is 2. The van der Waals surface area contributed by atoms with Gasteiger partial charge in [-0.05, 0) is 57.0 Å². The fourth-order valence-corrected chi connectivity index (χ4v) is 3.56. The number of aliphatic hydroxyl groups excluding tert-OH is 1. The van der Waals surface area contributed by atoms with Gasteiger partial charge in [-0.1, -0.05) is 18.2 Å². The molecule has 0 aliphatic heterocycles. The van der Waals surface area contributed by atoms with Crippen molar-refractivity contribution in [3.8, 4) is 11.3 Å². The van der Waals surface area contributed by atoms with Gasteiger partial charge in [-0.15, -0.1) is 0 Å². The van der Waals surface area contributed by atoms with E-state index in [2.05, 4.69) is 0 Å². The molecule has 10 heteroatoms. The maximum atomic E-state index is 13.5. The summed E-state index contributed by atoms with van der Waals surface area (Å²) in [5.41, 5.74) is -4.21. The molecule has 1 N–H and O–H groups in total. The Morgan fingerprint density at radius 3 is 1.97 bits per heavy atom. The highest BCUT2D eigenvalue weighted by molar-refractivity contribution is 5.99. The molecule has 178 valence electrons. The maximum Gasteiger partial charge on any atom is 0.419 e. The number of hydrogen-bond acceptors (Lipinski definition) is 3. The van der Waals surface area contributed by atoms with Crippen molar-refractivity contribution in [2.75, 3.05) is 6.61 Å². The van der Waals surface area contributed by atoms with E-state index in [1.807, 2.05) is 0 Å². The number of para-hydroxylation sites is 1. The molecule has 3 rings (SSSR count). The summed E-state index contributed by atoms with van der Waals surface area (Å²) < 4.78 is 87.2. The first-order valence-corrected chi connectivity index (χ1v) is 9.90. The minimum atomic E-state index is -5.06. The summed E-state index contributed by atoms with van der Waals surface area (Å²) in [4.78, 5) is 13.1. The molecule has 0 aliphatic rings. The van der Waals surface area contributed by atoms with Gasteiger partial charge in [-0.3, -0.25) is 0 Å². The zero-order valence-corrected chi connectivity index (χ0v) is 17.9. The number of carbonyl (C=O) groups excluding carboxylic acids is 1. The Kier molecular flexibility index (Phi) is 6.27. The molecule has 0 aliphatic carbocycles. The molecule has 33 heavy (non-hydrogen) atoms. The van der Waals surface area contributed by atoms with Crippen LogP contribution in [-0.4, -0.2) is 28.0 Å². The molecule has 2 aromatic carbocycles. The van der Waals surface area contributed by atoms with Crippen LogP contribution in [0.5, 0.6) is 0 Å². The van der Waals surface area contributed by atoms with Gasteiger partial charge in [0, 0.05) is 17.6 Å². The SMILES string of the molecule is CC(C)(C)OC(=O)n1c(-c2cc(C(F)(F)F)cc(C(F)(F)F)c2)c(CCO)c2ccccc21. The Bertz CT molecular complexity index is 1150. The average molecular weight is 473 g/mol. The van der Waals surface area contributed by atoms with Crippen molar-refractivity contribution in [2.45, 2.75) is 45.1 Å². The first-order chi connectivity index (χ1) is 15.1. The Morgan fingerprint density at radius 2 is 1.48 bits per heavy atom. The van der Waals surface area contributed by atoms with Crippen molar-refractivity contribution in [2.24, 2.45) is 0 Å². The van der Waals surface area contributed by atoms with Crippen LogP contribution in [0.1, 0.15) is 37.5 Å². The number of hydrogen-bond donors (Lipinski definition) is 1. The predicted octanol–water partition coefficient (Wildman–Crippen LogP) is 6.66. The van der Waals surface area contributed by atoms with Crippen molar-refractivity contribution in [1.82, 2.24) is 4.57 Å². The van der Waals surface area contributed by atoms with E-state index in [1.54, 1.807) is 39.0 Å². The Morgan fingerprint density at radius 1 is 0.939 bits per heavy atom. The quantitative estimate of drug-likeness (QED) is 0.433. The van der Waals surface area contributed by atoms with E-state index in [0.29, 0.717) is 17.5 Å². The number of carbonyl (C=O) groups is 1. The number of aliphatic hydroxyl groups is 1. The van der Waals surface area contributed by atoms with E-state index in [1.165, 1.54) is 6.07 Å². The number of alkyl halides is 6. The molecule has 0 radical (unpaired) electrons. The van der Waals surface area contributed by atoms with Crippen LogP contribution in [0.3, 0.4) is 0 Å². The zero-order chi connectivity index (χ0) is 24.8. The highest BCUT2D eigenvalue weighted by Gasteiger charge is 2.38. The van der Waals surface area contributed by atoms with E-state index in [9.17, 15) is 36.2 Å². The number of nitrogens with zero attached hydrogens (tertiary/aromatic N) is 1. The number of fused-ring (bicyclic) bond motifs is 1. The highest BCUT2D eigenvalue weighted by Crippen LogP contribution is 2.41. The third-order valence-corrected chi connectivity index (χ3v) is 4.78. The van der Waals surface area contributed by atoms with Crippen LogP contribution < -0.4 is 0 Å². The fourth-order valence-electron chi connectivity index (χ4n) is 3.56. The molecule has 0 atom stereocenters. The van der Waals surface area contributed by atoms with Crippen LogP contribution in [0.25, 0.3) is 22.2 Å². The van der Waals surface area contributed by atoms with Gasteiger partial charge in [0.25, 0.3) is 0 Å². The first-order valence-electron chi connectivity index (χ1n) is 9.90. The molecule has 1 heterocycles. The fraction of sp³-hybridized carbons (Fsp3) is 0.348. The van der Waals surface area contributed by atoms with Gasteiger partial charge in [0.15, 0.2) is 0 Å². The lowest BCUT2D eigenvalue weighted by molar-refractivity contribution is -0.143. The van der Waals surface area contributed by atoms with Gasteiger partial charge in [-0.2, -0.15) is 26.3 Å². The van der Waals surface area contributed by atoms with E-state index in [0.717, 1.165) is 4.57 Å². The molecule has 0 saturated heterocycles. The number of aromatic nitrogens is 1. The van der Waals surface area contributed by atoms with Crippen molar-refractivity contribution in [3.63, 3.8) is 0 Å². The maximum absolute atomic E-state index is 13.5. The molecule has 3 aromatic rings. The zero-order valence-electron chi connectivity index (χ0n) is 17.9. The predicted molar refractivity (Wildman–Crippen MR) is 110 cm³/mol. The first kappa shape index (κ1) is 24.6. The molecular weight excluding hydrogens is 452 g/mol. The molecule has 0 spiro atoms. The Labute approximate surface area is 185 Å². The molecule has 0 bridgehead atoms. The second-order valence-corrected chi connectivity index (χ2v) is 8.43. The summed E-state index contributed by atoms with van der Waals surface area (Å²) in [7, 11) is 0. The summed E-state index contributed by atoms with van der Waals surface area (Å²) in [5, 5.41) is 9.97. The molecule has 1 aromatic heterocycles. The molecule has 4 nitrogen and oxygen atoms in total. The van der Waals surface area contributed by atoms with Crippen LogP contribution in [0.4, 0.5) is 31.1 Å². The highest BCUT2D eigenvalue weighted by atomic mass is 19.4. The number of ether oxygens (including phenoxy) is 1. The Balaban J connectivity index is 2.44. The van der Waals surface area contributed by atoms with Crippen LogP contribution in [0.15, 0.2) is 42.5 Å². The van der Waals surface area contributed by atoms with E-state index < -0.39 is 47.3 Å². The monoisotopic (exact) mass is 473 g/mol. The summed E-state index contributed by atoms with van der Waals surface area (Å²) in [5.74, 6) is 0. The molecule has 0 unspecified atom stereocenters. The third-order valence-electron chi connectivity index (χ3n) is 4.78. The largest absolute Gasteiger partial charge is 0.443 e. The summed E-state index contributed by atoms with van der Waals surface area (Å²) in [6.07, 6.45) is -11.2. The standard InChI is InChI=1S/C23H21F6NO3/c1-21(2,3)33-20(32)30-18-7-5-4-6-16(18)17(8-9-31)19(30)13-10-14(22(24,25)26)12-15(11-13)23(27,28)29/h4-7,10-12,31H,8-9H2,1-3H3. The molecular formula is C23H21F6NO3. The number of rotatable bonds is 3. The van der Waals surface area contributed by atoms with Crippen molar-refractivity contribution in [3.05, 3.63) is 59.2 Å². The van der Waals surface area contributed by atoms with Crippen LogP contribution >= 0.6 is 0 Å². The topological polar surface area (TPSA) is 51.5 Å². The lowest BCUT2D eigenvalue weighted by Crippen LogP contribution is -2.27. The van der Waals surface area contributed by atoms with Crippen LogP contribution in [0.2, 0.25) is 0 Å². The van der Waals surface area contributed by atoms with Crippen molar-refractivity contribution < 1.29 is 41.0 Å². The minimum Gasteiger partial charge on any atom is -0.443 e. The second kappa shape index (κ2) is 8.40. The number of halogens is 6. The lowest BCUT2D eigenvalue weighted by Gasteiger charge is -2.22. The van der Waals surface area contributed by atoms with Gasteiger partial charge in [-0.25, -0.2) is 9.36 Å². The van der Waals surface area contributed by atoms with E-state index >= 15 is 0 Å². The molecule has 0 saturated carbocycles. The van der Waals surface area contributed by atoms with Gasteiger partial charge in [0.05, 0.1) is 22.3 Å². The second-order valence-electron chi connectivity index (χ2n) is 8.43. The minimum absolute atomic E-state index is 0.0235. The molecule has 0 amide bonds. The van der Waals surface area contributed by atoms with Crippen LogP contribution in [0, 0.1) is 0 Å². The third kappa shape index (κ3) is 5.16. The van der Waals surface area contributed by atoms with Crippen LogP contribution in [-0.2, 0) is 23.5 Å². The van der Waals surface area contributed by atoms with E-state index in [4.69, 9.17) is 4.74 Å². The van der Waals surface area contributed by atoms with Crippen molar-refractivity contribution >= 4 is 17.0 Å². The summed E-state index contributed by atoms with van der Waals surface area (Å²) in [6, 6.07) is 7.40. The normalized spacial score (nSPS) is 12.9. The van der Waals surface area contributed by atoms with Gasteiger partial charge < -0.3 is 9.84 Å². The van der Waals surface area contributed by atoms with Gasteiger partial charge in [0.1, 0.15) is 5.60 Å². The average Bonchev–Trinajstić information content (AvgIpc) is 3.00. The smallest absolute Gasteiger partial charge is 0.419 e. The van der Waals surface area contributed by atoms with Gasteiger partial charge in [0.2, 0.25) is 0 Å². The summed E-state index contributed by atoms with van der Waals surface area (Å²) >= 11 is 0. The van der Waals surface area contributed by atoms with Crippen molar-refractivity contribution in [1.29, 1.82) is 0 Å². The van der Waals surface area contributed by atoms with Gasteiger partial charge >= 0.3 is 18.4 Å². The Hall–Kier alpha value is -3.01. The molecule has 0 fully saturated rings. The van der Waals surface area contributed by atoms with E-state index in [-0.39, 0.29) is 29.3 Å². The summed E-state index contributed by atoms with van der Waals surface area (Å²) in [6.45, 7) is 4.30. The lowest BCUT2D eigenvalue weighted by atomic mass is 9.98.